The molecule has 1 N–H and O–H groups in total. The first-order valence-corrected chi connectivity index (χ1v) is 12.3. The van der Waals surface area contributed by atoms with E-state index in [9.17, 15) is 9.59 Å². The van der Waals surface area contributed by atoms with E-state index in [-0.39, 0.29) is 11.5 Å². The van der Waals surface area contributed by atoms with E-state index in [0.717, 1.165) is 55.4 Å². The van der Waals surface area contributed by atoms with Crippen LogP contribution in [0, 0.1) is 0 Å². The lowest BCUT2D eigenvalue weighted by Crippen LogP contribution is -2.42. The van der Waals surface area contributed by atoms with Gasteiger partial charge in [0.1, 0.15) is 0 Å². The van der Waals surface area contributed by atoms with Crippen LogP contribution in [-0.2, 0) is 17.8 Å². The number of carbonyl (C=O) groups is 1. The summed E-state index contributed by atoms with van der Waals surface area (Å²) in [6, 6.07) is 2.86. The Labute approximate surface area is 183 Å². The molecule has 0 aromatic carbocycles. The predicted molar refractivity (Wildman–Crippen MR) is 120 cm³/mol. The molecule has 31 heavy (non-hydrogen) atoms. The highest BCUT2D eigenvalue weighted by Crippen LogP contribution is 2.31. The van der Waals surface area contributed by atoms with Crippen molar-refractivity contribution in [3.05, 3.63) is 33.4 Å². The Hall–Kier alpha value is -2.15. The fourth-order valence-corrected chi connectivity index (χ4v) is 5.82. The van der Waals surface area contributed by atoms with Crippen molar-refractivity contribution < 1.29 is 4.79 Å². The van der Waals surface area contributed by atoms with Crippen molar-refractivity contribution in [1.82, 2.24) is 24.4 Å². The molecule has 0 bridgehead atoms. The number of fused-ring (bicyclic) bond motifs is 2. The average molecular weight is 426 g/mol. The first-order valence-electron chi connectivity index (χ1n) is 12.3. The maximum absolute atomic E-state index is 13.2. The van der Waals surface area contributed by atoms with Gasteiger partial charge >= 0.3 is 0 Å². The molecule has 2 aromatic rings. The fourth-order valence-electron chi connectivity index (χ4n) is 5.82. The number of rotatable bonds is 4. The summed E-state index contributed by atoms with van der Waals surface area (Å²) in [5.41, 5.74) is 3.35. The van der Waals surface area contributed by atoms with Crippen LogP contribution < -0.4 is 5.56 Å². The van der Waals surface area contributed by atoms with Gasteiger partial charge in [-0.1, -0.05) is 26.2 Å². The Bertz CT molecular complexity index is 995. The Morgan fingerprint density at radius 1 is 1.13 bits per heavy atom. The van der Waals surface area contributed by atoms with E-state index < -0.39 is 0 Å². The topological polar surface area (TPSA) is 73.7 Å². The predicted octanol–water partition coefficient (Wildman–Crippen LogP) is 3.22. The quantitative estimate of drug-likeness (QED) is 0.816. The zero-order valence-electron chi connectivity index (χ0n) is 18.7. The van der Waals surface area contributed by atoms with Crippen molar-refractivity contribution in [2.45, 2.75) is 89.6 Å². The standard InChI is InChI=1S/C24H35N5O2/c1-2-6-23(30)28-14-11-20-19(16-28)24(31)29-22(25-20)15-21(26-29)17-9-12-27(13-10-17)18-7-4-3-5-8-18/h15,17-18,26H,2-14,16H2,1H3. The summed E-state index contributed by atoms with van der Waals surface area (Å²) in [5.74, 6) is 0.593. The second kappa shape index (κ2) is 8.77. The van der Waals surface area contributed by atoms with E-state index in [0.29, 0.717) is 37.4 Å². The van der Waals surface area contributed by atoms with Gasteiger partial charge in [-0.15, -0.1) is 0 Å². The molecule has 2 fully saturated rings. The minimum absolute atomic E-state index is 0.0418. The summed E-state index contributed by atoms with van der Waals surface area (Å²) in [6.45, 7) is 5.36. The van der Waals surface area contributed by atoms with Crippen molar-refractivity contribution in [1.29, 1.82) is 0 Å². The van der Waals surface area contributed by atoms with E-state index in [1.54, 1.807) is 4.52 Å². The van der Waals surface area contributed by atoms with Crippen LogP contribution in [0.2, 0.25) is 0 Å². The number of H-pyrrole nitrogens is 1. The van der Waals surface area contributed by atoms with E-state index in [2.05, 4.69) is 16.1 Å². The van der Waals surface area contributed by atoms with Gasteiger partial charge in [-0.05, 0) is 45.2 Å². The number of carbonyl (C=O) groups excluding carboxylic acids is 1. The average Bonchev–Trinajstić information content (AvgIpc) is 3.24. The maximum atomic E-state index is 13.2. The van der Waals surface area contributed by atoms with Crippen molar-refractivity contribution in [3.63, 3.8) is 0 Å². The molecule has 1 aliphatic carbocycles. The monoisotopic (exact) mass is 425 g/mol. The first kappa shape index (κ1) is 20.7. The van der Waals surface area contributed by atoms with Gasteiger partial charge < -0.3 is 9.80 Å². The highest BCUT2D eigenvalue weighted by Gasteiger charge is 2.29. The molecule has 4 heterocycles. The van der Waals surface area contributed by atoms with Crippen LogP contribution in [-0.4, -0.2) is 56.0 Å². The molecule has 0 spiro atoms. The molecule has 5 rings (SSSR count). The zero-order chi connectivity index (χ0) is 21.4. The molecular formula is C24H35N5O2. The summed E-state index contributed by atoms with van der Waals surface area (Å²) in [4.78, 5) is 34.8. The Balaban J connectivity index is 1.33. The number of aromatic nitrogens is 3. The van der Waals surface area contributed by atoms with Crippen LogP contribution in [0.25, 0.3) is 5.65 Å². The smallest absolute Gasteiger partial charge is 0.277 e. The van der Waals surface area contributed by atoms with Gasteiger partial charge in [0.05, 0.1) is 17.8 Å². The van der Waals surface area contributed by atoms with Crippen molar-refractivity contribution in [2.24, 2.45) is 0 Å². The normalized spacial score (nSPS) is 21.5. The van der Waals surface area contributed by atoms with Crippen LogP contribution in [0.15, 0.2) is 10.9 Å². The minimum Gasteiger partial charge on any atom is -0.338 e. The number of amides is 1. The lowest BCUT2D eigenvalue weighted by molar-refractivity contribution is -0.132. The number of hydrogen-bond acceptors (Lipinski definition) is 4. The maximum Gasteiger partial charge on any atom is 0.277 e. The molecule has 2 aromatic heterocycles. The Morgan fingerprint density at radius 3 is 2.65 bits per heavy atom. The number of nitrogens with one attached hydrogen (secondary N) is 1. The summed E-state index contributed by atoms with van der Waals surface area (Å²) in [5, 5.41) is 3.37. The molecule has 0 radical (unpaired) electrons. The van der Waals surface area contributed by atoms with E-state index in [1.165, 1.54) is 32.1 Å². The van der Waals surface area contributed by atoms with Gasteiger partial charge in [0, 0.05) is 43.1 Å². The zero-order valence-corrected chi connectivity index (χ0v) is 18.7. The molecule has 0 atom stereocenters. The molecule has 1 saturated carbocycles. The molecule has 7 heteroatoms. The van der Waals surface area contributed by atoms with E-state index in [4.69, 9.17) is 4.98 Å². The van der Waals surface area contributed by atoms with Gasteiger partial charge in [0.2, 0.25) is 5.91 Å². The molecule has 1 saturated heterocycles. The highest BCUT2D eigenvalue weighted by atomic mass is 16.2. The number of hydrogen-bond donors (Lipinski definition) is 1. The Morgan fingerprint density at radius 2 is 1.90 bits per heavy atom. The van der Waals surface area contributed by atoms with Gasteiger partial charge in [-0.3, -0.25) is 14.7 Å². The van der Waals surface area contributed by atoms with Gasteiger partial charge in [-0.25, -0.2) is 9.50 Å². The molecule has 0 unspecified atom stereocenters. The summed E-state index contributed by atoms with van der Waals surface area (Å²) < 4.78 is 1.61. The van der Waals surface area contributed by atoms with Gasteiger partial charge in [-0.2, -0.15) is 0 Å². The molecule has 7 nitrogen and oxygen atoms in total. The third-order valence-corrected chi connectivity index (χ3v) is 7.66. The second-order valence-electron chi connectivity index (χ2n) is 9.66. The molecule has 168 valence electrons. The number of nitrogens with zero attached hydrogens (tertiary/aromatic N) is 4. The van der Waals surface area contributed by atoms with Crippen LogP contribution in [0.3, 0.4) is 0 Å². The Kier molecular flexibility index (Phi) is 5.87. The number of aromatic amines is 1. The molecule has 3 aliphatic rings. The number of likely N-dealkylation sites (tertiary alicyclic amines) is 1. The van der Waals surface area contributed by atoms with E-state index in [1.807, 2.05) is 11.8 Å². The SMILES string of the molecule is CCCC(=O)N1CCc2nc3cc(C4CCN(C5CCCCC5)CC4)[nH]n3c(=O)c2C1. The lowest BCUT2D eigenvalue weighted by Gasteiger charge is -2.39. The first-order chi connectivity index (χ1) is 15.1. The minimum atomic E-state index is -0.0418. The van der Waals surface area contributed by atoms with Crippen LogP contribution in [0.1, 0.15) is 87.6 Å². The largest absolute Gasteiger partial charge is 0.338 e. The summed E-state index contributed by atoms with van der Waals surface area (Å²) >= 11 is 0. The van der Waals surface area contributed by atoms with E-state index >= 15 is 0 Å². The molecule has 1 amide bonds. The fraction of sp³-hybridized carbons (Fsp3) is 0.708. The highest BCUT2D eigenvalue weighted by molar-refractivity contribution is 5.76. The third-order valence-electron chi connectivity index (χ3n) is 7.66. The van der Waals surface area contributed by atoms with Crippen LogP contribution in [0.5, 0.6) is 0 Å². The van der Waals surface area contributed by atoms with Gasteiger partial charge in [0.15, 0.2) is 5.65 Å². The van der Waals surface area contributed by atoms with Gasteiger partial charge in [0.25, 0.3) is 5.56 Å². The van der Waals surface area contributed by atoms with Crippen molar-refractivity contribution in [2.75, 3.05) is 19.6 Å². The third kappa shape index (κ3) is 4.04. The lowest BCUT2D eigenvalue weighted by atomic mass is 9.89. The molecular weight excluding hydrogens is 390 g/mol. The number of piperidine rings is 1. The summed E-state index contributed by atoms with van der Waals surface area (Å²) in [7, 11) is 0. The van der Waals surface area contributed by atoms with Crippen molar-refractivity contribution >= 4 is 11.6 Å². The van der Waals surface area contributed by atoms with Crippen LogP contribution in [0.4, 0.5) is 0 Å². The molecule has 2 aliphatic heterocycles. The second-order valence-corrected chi connectivity index (χ2v) is 9.66. The van der Waals surface area contributed by atoms with Crippen molar-refractivity contribution in [3.8, 4) is 0 Å². The summed E-state index contributed by atoms with van der Waals surface area (Å²) in [6.07, 6.45) is 11.2. The van der Waals surface area contributed by atoms with Crippen LogP contribution >= 0.6 is 0 Å².